The zero-order valence-corrected chi connectivity index (χ0v) is 13.1. The van der Waals surface area contributed by atoms with Crippen LogP contribution in [0.2, 0.25) is 0 Å². The molecule has 1 aliphatic heterocycles. The summed E-state index contributed by atoms with van der Waals surface area (Å²) in [4.78, 5) is 0. The number of rotatable bonds is 4. The van der Waals surface area contributed by atoms with Crippen LogP contribution in [0, 0.1) is 0 Å². The van der Waals surface area contributed by atoms with E-state index in [-0.39, 0.29) is 0 Å². The number of benzene rings is 2. The van der Waals surface area contributed by atoms with Crippen LogP contribution in [0.1, 0.15) is 23.5 Å². The topological polar surface area (TPSA) is 24.1 Å². The van der Waals surface area contributed by atoms with E-state index in [0.29, 0.717) is 23.6 Å². The van der Waals surface area contributed by atoms with Gasteiger partial charge in [-0.3, -0.25) is 0 Å². The molecule has 24 heavy (non-hydrogen) atoms. The van der Waals surface area contributed by atoms with Crippen LogP contribution in [0.5, 0.6) is 0 Å². The van der Waals surface area contributed by atoms with E-state index in [9.17, 15) is 13.2 Å². The highest BCUT2D eigenvalue weighted by Crippen LogP contribution is 2.42. The highest BCUT2D eigenvalue weighted by atomic mass is 19.4. The summed E-state index contributed by atoms with van der Waals surface area (Å²) in [7, 11) is 0. The third-order valence-corrected chi connectivity index (χ3v) is 4.88. The number of hydrogen-bond acceptors (Lipinski definition) is 2. The third-order valence-electron chi connectivity index (χ3n) is 4.88. The largest absolute Gasteiger partial charge is 0.416 e. The van der Waals surface area contributed by atoms with Gasteiger partial charge in [0.2, 0.25) is 0 Å². The summed E-state index contributed by atoms with van der Waals surface area (Å²) in [6.07, 6.45) is -3.17. The van der Waals surface area contributed by atoms with Crippen molar-refractivity contribution in [3.05, 3.63) is 59.7 Å². The Bertz CT molecular complexity index is 720. The van der Waals surface area contributed by atoms with Gasteiger partial charge in [0.1, 0.15) is 0 Å². The third kappa shape index (κ3) is 3.19. The van der Waals surface area contributed by atoms with Crippen LogP contribution < -0.4 is 10.6 Å². The average molecular weight is 332 g/mol. The molecule has 2 N–H and O–H groups in total. The fourth-order valence-electron chi connectivity index (χ4n) is 3.25. The Hall–Kier alpha value is -1.85. The van der Waals surface area contributed by atoms with Gasteiger partial charge in [-0.05, 0) is 35.2 Å². The highest BCUT2D eigenvalue weighted by Gasteiger charge is 2.40. The molecule has 0 amide bonds. The molecule has 2 nitrogen and oxygen atoms in total. The summed E-state index contributed by atoms with van der Waals surface area (Å²) >= 11 is 0. The van der Waals surface area contributed by atoms with E-state index < -0.39 is 11.7 Å². The number of alkyl halides is 3. The number of nitrogens with one attached hydrogen (secondary N) is 2. The van der Waals surface area contributed by atoms with E-state index >= 15 is 0 Å². The fraction of sp³-hybridized carbons (Fsp3) is 0.368. The predicted molar refractivity (Wildman–Crippen MR) is 87.8 cm³/mol. The zero-order chi connectivity index (χ0) is 16.7. The zero-order valence-electron chi connectivity index (χ0n) is 13.1. The van der Waals surface area contributed by atoms with Crippen molar-refractivity contribution in [1.29, 1.82) is 0 Å². The van der Waals surface area contributed by atoms with Crippen molar-refractivity contribution >= 4 is 0 Å². The summed E-state index contributed by atoms with van der Waals surface area (Å²) in [6.45, 7) is 2.08. The maximum Gasteiger partial charge on any atom is 0.416 e. The van der Waals surface area contributed by atoms with E-state index in [0.717, 1.165) is 31.1 Å². The van der Waals surface area contributed by atoms with Gasteiger partial charge in [-0.1, -0.05) is 36.4 Å². The van der Waals surface area contributed by atoms with Crippen LogP contribution in [-0.4, -0.2) is 25.2 Å². The van der Waals surface area contributed by atoms with Gasteiger partial charge in [-0.2, -0.15) is 13.2 Å². The molecule has 0 aromatic heterocycles. The molecule has 2 aromatic carbocycles. The SMILES string of the molecule is FC(F)(F)c1cccc(-c2ccc([C@@H]3C[C@H]3NC3CNC3)cc2)c1. The van der Waals surface area contributed by atoms with Gasteiger partial charge < -0.3 is 10.6 Å². The fourth-order valence-corrected chi connectivity index (χ4v) is 3.25. The van der Waals surface area contributed by atoms with Crippen molar-refractivity contribution in [2.75, 3.05) is 13.1 Å². The van der Waals surface area contributed by atoms with Crippen LogP contribution in [0.25, 0.3) is 11.1 Å². The first-order chi connectivity index (χ1) is 11.5. The van der Waals surface area contributed by atoms with Crippen LogP contribution in [0.3, 0.4) is 0 Å². The predicted octanol–water partition coefficient (Wildman–Crippen LogP) is 3.79. The van der Waals surface area contributed by atoms with Gasteiger partial charge in [-0.15, -0.1) is 0 Å². The molecule has 0 radical (unpaired) electrons. The molecule has 0 spiro atoms. The standard InChI is InChI=1S/C19H19F3N2/c20-19(21,22)15-3-1-2-14(8-15)12-4-6-13(7-5-12)17-9-18(17)24-16-10-23-11-16/h1-8,16-18,23-24H,9-11H2/t17-,18+/m0/s1. The van der Waals surface area contributed by atoms with Crippen molar-refractivity contribution in [2.45, 2.75) is 30.6 Å². The second-order valence-corrected chi connectivity index (χ2v) is 6.67. The van der Waals surface area contributed by atoms with Crippen molar-refractivity contribution in [1.82, 2.24) is 10.6 Å². The molecule has 1 aliphatic carbocycles. The number of halogens is 3. The molecule has 1 saturated carbocycles. The van der Waals surface area contributed by atoms with Crippen molar-refractivity contribution in [2.24, 2.45) is 0 Å². The first kappa shape index (κ1) is 15.7. The molecule has 1 saturated heterocycles. The van der Waals surface area contributed by atoms with Crippen LogP contribution in [-0.2, 0) is 6.18 Å². The highest BCUT2D eigenvalue weighted by molar-refractivity contribution is 5.65. The maximum absolute atomic E-state index is 12.8. The Morgan fingerprint density at radius 1 is 0.958 bits per heavy atom. The Labute approximate surface area is 139 Å². The second-order valence-electron chi connectivity index (χ2n) is 6.67. The molecule has 1 heterocycles. The van der Waals surface area contributed by atoms with Crippen LogP contribution in [0.4, 0.5) is 13.2 Å². The summed E-state index contributed by atoms with van der Waals surface area (Å²) in [5, 5.41) is 6.87. The van der Waals surface area contributed by atoms with Gasteiger partial charge in [-0.25, -0.2) is 0 Å². The van der Waals surface area contributed by atoms with Gasteiger partial charge in [0.15, 0.2) is 0 Å². The summed E-state index contributed by atoms with van der Waals surface area (Å²) in [5.41, 5.74) is 2.07. The van der Waals surface area contributed by atoms with E-state index in [2.05, 4.69) is 10.6 Å². The minimum atomic E-state index is -4.31. The van der Waals surface area contributed by atoms with Gasteiger partial charge in [0.05, 0.1) is 5.56 Å². The number of hydrogen-bond donors (Lipinski definition) is 2. The molecule has 2 atom stereocenters. The second kappa shape index (κ2) is 5.90. The Kier molecular flexibility index (Phi) is 3.85. The van der Waals surface area contributed by atoms with Crippen molar-refractivity contribution in [3.8, 4) is 11.1 Å². The molecule has 0 unspecified atom stereocenters. The maximum atomic E-state index is 12.8. The van der Waals surface area contributed by atoms with Gasteiger partial charge >= 0.3 is 6.18 Å². The Morgan fingerprint density at radius 2 is 1.71 bits per heavy atom. The monoisotopic (exact) mass is 332 g/mol. The van der Waals surface area contributed by atoms with E-state index in [1.54, 1.807) is 6.07 Å². The molecule has 0 bridgehead atoms. The van der Waals surface area contributed by atoms with Gasteiger partial charge in [0, 0.05) is 31.1 Å². The molecule has 2 aromatic rings. The molecular formula is C19H19F3N2. The average Bonchev–Trinajstić information content (AvgIpc) is 3.30. The van der Waals surface area contributed by atoms with E-state index in [4.69, 9.17) is 0 Å². The van der Waals surface area contributed by atoms with Crippen molar-refractivity contribution in [3.63, 3.8) is 0 Å². The lowest BCUT2D eigenvalue weighted by atomic mass is 10.0. The molecule has 2 aliphatic rings. The minimum Gasteiger partial charge on any atom is -0.314 e. The Balaban J connectivity index is 1.46. The molecule has 4 rings (SSSR count). The minimum absolute atomic E-state index is 0.529. The molecular weight excluding hydrogens is 313 g/mol. The first-order valence-corrected chi connectivity index (χ1v) is 8.25. The van der Waals surface area contributed by atoms with Crippen molar-refractivity contribution < 1.29 is 13.2 Å². The molecule has 2 fully saturated rings. The summed E-state index contributed by atoms with van der Waals surface area (Å²) in [6, 6.07) is 14.5. The summed E-state index contributed by atoms with van der Waals surface area (Å²) < 4.78 is 38.5. The molecule has 5 heteroatoms. The normalized spacial score (nSPS) is 23.8. The molecule has 126 valence electrons. The smallest absolute Gasteiger partial charge is 0.314 e. The van der Waals surface area contributed by atoms with E-state index in [1.807, 2.05) is 24.3 Å². The lowest BCUT2D eigenvalue weighted by Gasteiger charge is -2.28. The lowest BCUT2D eigenvalue weighted by Crippen LogP contribution is -2.56. The summed E-state index contributed by atoms with van der Waals surface area (Å²) in [5.74, 6) is 0.529. The first-order valence-electron chi connectivity index (χ1n) is 8.25. The van der Waals surface area contributed by atoms with E-state index in [1.165, 1.54) is 17.7 Å². The van der Waals surface area contributed by atoms with Crippen LogP contribution in [0.15, 0.2) is 48.5 Å². The quantitative estimate of drug-likeness (QED) is 0.890. The Morgan fingerprint density at radius 3 is 2.33 bits per heavy atom. The van der Waals surface area contributed by atoms with Crippen LogP contribution >= 0.6 is 0 Å². The van der Waals surface area contributed by atoms with Gasteiger partial charge in [0.25, 0.3) is 0 Å². The lowest BCUT2D eigenvalue weighted by molar-refractivity contribution is -0.137.